The van der Waals surface area contributed by atoms with Gasteiger partial charge in [-0.2, -0.15) is 10.4 Å². The topological polar surface area (TPSA) is 93.9 Å². The number of esters is 1. The van der Waals surface area contributed by atoms with Crippen molar-refractivity contribution in [3.8, 4) is 11.8 Å². The zero-order valence-corrected chi connectivity index (χ0v) is 11.5. The van der Waals surface area contributed by atoms with Gasteiger partial charge in [-0.3, -0.25) is 4.79 Å². The largest absolute Gasteiger partial charge is 0.469 e. The predicted octanol–water partition coefficient (Wildman–Crippen LogP) is 1.90. The van der Waals surface area contributed by atoms with E-state index in [-0.39, 0.29) is 12.4 Å². The van der Waals surface area contributed by atoms with Gasteiger partial charge >= 0.3 is 5.97 Å². The molecule has 0 unspecified atom stereocenters. The highest BCUT2D eigenvalue weighted by Gasteiger charge is 2.07. The van der Waals surface area contributed by atoms with Crippen LogP contribution in [-0.2, 0) is 9.53 Å². The van der Waals surface area contributed by atoms with Crippen LogP contribution in [0, 0.1) is 11.3 Å². The minimum Gasteiger partial charge on any atom is -0.469 e. The third-order valence-corrected chi connectivity index (χ3v) is 2.89. The summed E-state index contributed by atoms with van der Waals surface area (Å²) in [6, 6.07) is 9.39. The molecule has 2 N–H and O–H groups in total. The number of ether oxygens (including phenoxy) is 1. The highest BCUT2D eigenvalue weighted by Crippen LogP contribution is 2.17. The summed E-state index contributed by atoms with van der Waals surface area (Å²) in [4.78, 5) is 11.0. The van der Waals surface area contributed by atoms with Crippen molar-refractivity contribution in [1.82, 2.24) is 9.78 Å². The summed E-state index contributed by atoms with van der Waals surface area (Å²) in [5, 5.41) is 12.9. The van der Waals surface area contributed by atoms with Crippen molar-refractivity contribution >= 4 is 17.9 Å². The van der Waals surface area contributed by atoms with Crippen LogP contribution in [0.15, 0.2) is 36.5 Å². The quantitative estimate of drug-likeness (QED) is 0.864. The van der Waals surface area contributed by atoms with E-state index in [1.807, 2.05) is 36.4 Å². The molecule has 0 saturated heterocycles. The summed E-state index contributed by atoms with van der Waals surface area (Å²) >= 11 is 0. The van der Waals surface area contributed by atoms with E-state index in [1.54, 1.807) is 6.08 Å². The Hall–Kier alpha value is -3.07. The van der Waals surface area contributed by atoms with Gasteiger partial charge in [-0.15, -0.1) is 0 Å². The van der Waals surface area contributed by atoms with Gasteiger partial charge in [0.1, 0.15) is 17.5 Å². The number of methoxy groups -OCH3 is 1. The minimum absolute atomic E-state index is 0.232. The number of aromatic nitrogens is 2. The highest BCUT2D eigenvalue weighted by molar-refractivity contribution is 5.72. The Morgan fingerprint density at radius 3 is 2.76 bits per heavy atom. The second-order valence-electron chi connectivity index (χ2n) is 4.24. The third kappa shape index (κ3) is 3.28. The molecule has 2 rings (SSSR count). The molecule has 0 aliphatic heterocycles. The zero-order chi connectivity index (χ0) is 15.2. The Morgan fingerprint density at radius 1 is 1.48 bits per heavy atom. The van der Waals surface area contributed by atoms with Crippen LogP contribution in [0.3, 0.4) is 0 Å². The summed E-state index contributed by atoms with van der Waals surface area (Å²) in [6.07, 6.45) is 5.22. The number of nitrogen functional groups attached to an aromatic ring is 1. The fraction of sp³-hybridized carbons (Fsp3) is 0.133. The first-order chi connectivity index (χ1) is 10.2. The molecule has 0 spiro atoms. The first kappa shape index (κ1) is 14.3. The van der Waals surface area contributed by atoms with E-state index in [0.717, 1.165) is 11.3 Å². The Morgan fingerprint density at radius 2 is 2.19 bits per heavy atom. The standard InChI is InChI=1S/C15H14N4O2/c1-21-14(20)4-2-3-11-5-7-13(8-6-11)19-15(17)12(9-16)10-18-19/h2-3,5-8,10H,4,17H2,1H3. The average molecular weight is 282 g/mol. The second-order valence-corrected chi connectivity index (χ2v) is 4.24. The molecule has 2 aromatic rings. The zero-order valence-electron chi connectivity index (χ0n) is 11.5. The number of rotatable bonds is 4. The molecule has 106 valence electrons. The normalized spacial score (nSPS) is 10.5. The SMILES string of the molecule is COC(=O)CC=Cc1ccc(-n2ncc(C#N)c2N)cc1. The predicted molar refractivity (Wildman–Crippen MR) is 78.4 cm³/mol. The van der Waals surface area contributed by atoms with Crippen LogP contribution in [0.1, 0.15) is 17.5 Å². The van der Waals surface area contributed by atoms with E-state index in [4.69, 9.17) is 11.0 Å². The molecule has 1 heterocycles. The number of nitrogens with zero attached hydrogens (tertiary/aromatic N) is 3. The van der Waals surface area contributed by atoms with E-state index >= 15 is 0 Å². The van der Waals surface area contributed by atoms with Crippen molar-refractivity contribution in [2.24, 2.45) is 0 Å². The lowest BCUT2D eigenvalue weighted by Gasteiger charge is -2.04. The van der Waals surface area contributed by atoms with Gasteiger partial charge in [-0.05, 0) is 17.7 Å². The van der Waals surface area contributed by atoms with Crippen LogP contribution < -0.4 is 5.73 Å². The van der Waals surface area contributed by atoms with Crippen LogP contribution in [0.5, 0.6) is 0 Å². The van der Waals surface area contributed by atoms with E-state index < -0.39 is 0 Å². The van der Waals surface area contributed by atoms with Gasteiger partial charge in [0.05, 0.1) is 25.4 Å². The van der Waals surface area contributed by atoms with Gasteiger partial charge in [0.25, 0.3) is 0 Å². The molecule has 0 saturated carbocycles. The Bertz CT molecular complexity index is 708. The molecule has 1 aromatic carbocycles. The Kier molecular flexibility index (Phi) is 4.36. The van der Waals surface area contributed by atoms with Crippen LogP contribution >= 0.6 is 0 Å². The number of anilines is 1. The lowest BCUT2D eigenvalue weighted by atomic mass is 10.2. The number of carbonyl (C=O) groups is 1. The van der Waals surface area contributed by atoms with E-state index in [1.165, 1.54) is 18.0 Å². The lowest BCUT2D eigenvalue weighted by molar-refractivity contribution is -0.139. The Balaban J connectivity index is 2.14. The summed E-state index contributed by atoms with van der Waals surface area (Å²) in [5.74, 6) is 0.0303. The van der Waals surface area contributed by atoms with Crippen molar-refractivity contribution in [3.05, 3.63) is 47.7 Å². The van der Waals surface area contributed by atoms with Gasteiger partial charge in [0.2, 0.25) is 0 Å². The first-order valence-electron chi connectivity index (χ1n) is 6.23. The lowest BCUT2D eigenvalue weighted by Crippen LogP contribution is -2.02. The van der Waals surface area contributed by atoms with Crippen LogP contribution in [0.25, 0.3) is 11.8 Å². The van der Waals surface area contributed by atoms with Crippen molar-refractivity contribution in [3.63, 3.8) is 0 Å². The van der Waals surface area contributed by atoms with E-state index in [9.17, 15) is 4.79 Å². The average Bonchev–Trinajstić information content (AvgIpc) is 2.88. The number of benzene rings is 1. The molecule has 0 fully saturated rings. The minimum atomic E-state index is -0.281. The molecule has 0 amide bonds. The van der Waals surface area contributed by atoms with Gasteiger partial charge in [-0.25, -0.2) is 4.68 Å². The molecular weight excluding hydrogens is 268 g/mol. The molecule has 1 aromatic heterocycles. The summed E-state index contributed by atoms with van der Waals surface area (Å²) in [6.45, 7) is 0. The van der Waals surface area contributed by atoms with Crippen LogP contribution in [0.2, 0.25) is 0 Å². The van der Waals surface area contributed by atoms with E-state index in [0.29, 0.717) is 11.4 Å². The molecule has 0 aliphatic rings. The summed E-state index contributed by atoms with van der Waals surface area (Å²) < 4.78 is 6.05. The Labute approximate surface area is 122 Å². The van der Waals surface area contributed by atoms with Gasteiger partial charge in [0, 0.05) is 0 Å². The number of hydrogen-bond donors (Lipinski definition) is 1. The summed E-state index contributed by atoms with van der Waals surface area (Å²) in [5.41, 5.74) is 7.87. The number of nitriles is 1. The molecule has 21 heavy (non-hydrogen) atoms. The molecule has 6 heteroatoms. The highest BCUT2D eigenvalue weighted by atomic mass is 16.5. The van der Waals surface area contributed by atoms with Crippen molar-refractivity contribution in [2.75, 3.05) is 12.8 Å². The summed E-state index contributed by atoms with van der Waals surface area (Å²) in [7, 11) is 1.36. The van der Waals surface area contributed by atoms with Crippen LogP contribution in [0.4, 0.5) is 5.82 Å². The monoisotopic (exact) mass is 282 g/mol. The molecule has 0 radical (unpaired) electrons. The molecular formula is C15H14N4O2. The number of hydrogen-bond acceptors (Lipinski definition) is 5. The van der Waals surface area contributed by atoms with Gasteiger partial charge in [-0.1, -0.05) is 24.3 Å². The number of carbonyl (C=O) groups excluding carboxylic acids is 1. The van der Waals surface area contributed by atoms with Crippen molar-refractivity contribution in [1.29, 1.82) is 5.26 Å². The molecule has 6 nitrogen and oxygen atoms in total. The molecule has 0 aliphatic carbocycles. The molecule has 0 bridgehead atoms. The fourth-order valence-corrected chi connectivity index (χ4v) is 1.75. The number of nitrogens with two attached hydrogens (primary N) is 1. The van der Waals surface area contributed by atoms with Crippen LogP contribution in [-0.4, -0.2) is 22.9 Å². The van der Waals surface area contributed by atoms with Crippen molar-refractivity contribution < 1.29 is 9.53 Å². The fourth-order valence-electron chi connectivity index (χ4n) is 1.75. The second kappa shape index (κ2) is 6.39. The molecule has 0 atom stereocenters. The van der Waals surface area contributed by atoms with Gasteiger partial charge in [0.15, 0.2) is 0 Å². The maximum atomic E-state index is 11.0. The van der Waals surface area contributed by atoms with Gasteiger partial charge < -0.3 is 10.5 Å². The van der Waals surface area contributed by atoms with Crippen molar-refractivity contribution in [2.45, 2.75) is 6.42 Å². The maximum absolute atomic E-state index is 11.0. The smallest absolute Gasteiger partial charge is 0.309 e. The first-order valence-corrected chi connectivity index (χ1v) is 6.23. The van der Waals surface area contributed by atoms with E-state index in [2.05, 4.69) is 9.84 Å². The maximum Gasteiger partial charge on any atom is 0.309 e. The third-order valence-electron chi connectivity index (χ3n) is 2.89.